The van der Waals surface area contributed by atoms with Crippen molar-refractivity contribution in [1.82, 2.24) is 0 Å². The summed E-state index contributed by atoms with van der Waals surface area (Å²) in [6, 6.07) is 0. The summed E-state index contributed by atoms with van der Waals surface area (Å²) in [5.74, 6) is 0.926. The van der Waals surface area contributed by atoms with Gasteiger partial charge in [0.25, 0.3) is 0 Å². The highest BCUT2D eigenvalue weighted by atomic mass is 79.9. The Kier molecular flexibility index (Phi) is 0.946. The minimum atomic E-state index is 0.926. The van der Waals surface area contributed by atoms with Crippen LogP contribution in [0.1, 0.15) is 6.42 Å². The highest BCUT2D eigenvalue weighted by molar-refractivity contribution is 9.09. The molecule has 5 heavy (non-hydrogen) atoms. The van der Waals surface area contributed by atoms with Crippen LogP contribution in [0.15, 0.2) is 0 Å². The van der Waals surface area contributed by atoms with Crippen LogP contribution in [0.5, 0.6) is 0 Å². The summed E-state index contributed by atoms with van der Waals surface area (Å²) >= 11 is 3.34. The normalized spacial score (nSPS) is 23.4. The highest BCUT2D eigenvalue weighted by Gasteiger charge is 2.18. The Morgan fingerprint density at radius 2 is 2.60 bits per heavy atom. The Labute approximate surface area is 40.7 Å². The van der Waals surface area contributed by atoms with Gasteiger partial charge in [0.15, 0.2) is 0 Å². The van der Waals surface area contributed by atoms with E-state index >= 15 is 0 Å². The zero-order chi connectivity index (χ0) is 3.70. The molecule has 0 bridgehead atoms. The molecule has 1 atom stereocenters. The summed E-state index contributed by atoms with van der Waals surface area (Å²) in [5.41, 5.74) is 0. The first kappa shape index (κ1) is 3.66. The van der Waals surface area contributed by atoms with Crippen molar-refractivity contribution in [3.63, 3.8) is 0 Å². The smallest absolute Gasteiger partial charge is 0.00625 e. The first-order valence-electron chi connectivity index (χ1n) is 1.83. The third kappa shape index (κ3) is 0.918. The van der Waals surface area contributed by atoms with Gasteiger partial charge in [-0.15, -0.1) is 0 Å². The standard InChI is InChI=1S/C4H6Br/c5-3-4-1-2-4/h1,4H,2-3H2. The molecule has 1 aliphatic carbocycles. The summed E-state index contributed by atoms with van der Waals surface area (Å²) < 4.78 is 0. The van der Waals surface area contributed by atoms with Crippen molar-refractivity contribution < 1.29 is 0 Å². The second-order valence-corrected chi connectivity index (χ2v) is 2.03. The lowest BCUT2D eigenvalue weighted by Crippen LogP contribution is -1.66. The Balaban J connectivity index is 2.00. The molecule has 0 saturated heterocycles. The maximum Gasteiger partial charge on any atom is 0.00625 e. The van der Waals surface area contributed by atoms with E-state index in [2.05, 4.69) is 22.4 Å². The van der Waals surface area contributed by atoms with Crippen LogP contribution in [-0.2, 0) is 0 Å². The van der Waals surface area contributed by atoms with E-state index in [9.17, 15) is 0 Å². The van der Waals surface area contributed by atoms with Crippen LogP contribution in [0.4, 0.5) is 0 Å². The van der Waals surface area contributed by atoms with Crippen LogP contribution < -0.4 is 0 Å². The molecule has 1 fully saturated rings. The molecule has 29 valence electrons. The van der Waals surface area contributed by atoms with E-state index in [1.165, 1.54) is 11.8 Å². The van der Waals surface area contributed by atoms with E-state index in [4.69, 9.17) is 0 Å². The van der Waals surface area contributed by atoms with E-state index in [0.717, 1.165) is 5.92 Å². The van der Waals surface area contributed by atoms with E-state index in [1.807, 2.05) is 0 Å². The fourth-order valence-electron chi connectivity index (χ4n) is 0.222. The van der Waals surface area contributed by atoms with E-state index in [1.54, 1.807) is 0 Å². The number of rotatable bonds is 1. The van der Waals surface area contributed by atoms with Crippen LogP contribution in [0.25, 0.3) is 0 Å². The predicted molar refractivity (Wildman–Crippen MR) is 26.2 cm³/mol. The zero-order valence-electron chi connectivity index (χ0n) is 2.95. The van der Waals surface area contributed by atoms with Gasteiger partial charge in [-0.3, -0.25) is 0 Å². The number of hydrogen-bond donors (Lipinski definition) is 0. The first-order chi connectivity index (χ1) is 2.43. The van der Waals surface area contributed by atoms with Gasteiger partial charge in [0, 0.05) is 5.33 Å². The van der Waals surface area contributed by atoms with E-state index < -0.39 is 0 Å². The van der Waals surface area contributed by atoms with E-state index in [-0.39, 0.29) is 0 Å². The molecule has 0 spiro atoms. The SMILES string of the molecule is BrCC1[CH]C1. The van der Waals surface area contributed by atoms with Crippen LogP contribution in [0.2, 0.25) is 0 Å². The van der Waals surface area contributed by atoms with Crippen molar-refractivity contribution in [2.45, 2.75) is 6.42 Å². The summed E-state index contributed by atoms with van der Waals surface area (Å²) in [6.07, 6.45) is 3.64. The number of hydrogen-bond acceptors (Lipinski definition) is 0. The summed E-state index contributed by atoms with van der Waals surface area (Å²) in [7, 11) is 0. The third-order valence-corrected chi connectivity index (χ3v) is 1.60. The second kappa shape index (κ2) is 1.29. The molecule has 0 aromatic rings. The van der Waals surface area contributed by atoms with Gasteiger partial charge in [0.2, 0.25) is 0 Å². The lowest BCUT2D eigenvalue weighted by atomic mass is 10.5. The zero-order valence-corrected chi connectivity index (χ0v) is 4.53. The monoisotopic (exact) mass is 133 g/mol. The largest absolute Gasteiger partial charge is 0.0925 e. The van der Waals surface area contributed by atoms with Gasteiger partial charge in [-0.25, -0.2) is 0 Å². The number of halogens is 1. The van der Waals surface area contributed by atoms with Crippen molar-refractivity contribution in [3.8, 4) is 0 Å². The van der Waals surface area contributed by atoms with Crippen LogP contribution in [-0.4, -0.2) is 5.33 Å². The molecule has 0 aromatic heterocycles. The summed E-state index contributed by atoms with van der Waals surface area (Å²) in [5, 5.41) is 1.17. The lowest BCUT2D eigenvalue weighted by Gasteiger charge is -1.70. The van der Waals surface area contributed by atoms with Gasteiger partial charge < -0.3 is 0 Å². The van der Waals surface area contributed by atoms with Crippen molar-refractivity contribution in [2.24, 2.45) is 5.92 Å². The summed E-state index contributed by atoms with van der Waals surface area (Å²) in [6.45, 7) is 0. The molecular weight excluding hydrogens is 128 g/mol. The van der Waals surface area contributed by atoms with Crippen molar-refractivity contribution in [3.05, 3.63) is 6.42 Å². The van der Waals surface area contributed by atoms with Crippen LogP contribution in [0, 0.1) is 12.3 Å². The minimum absolute atomic E-state index is 0.926. The minimum Gasteiger partial charge on any atom is -0.0925 e. The molecule has 0 aliphatic heterocycles. The Bertz CT molecular complexity index is 30.6. The average molecular weight is 134 g/mol. The molecule has 0 nitrogen and oxygen atoms in total. The summed E-state index contributed by atoms with van der Waals surface area (Å²) in [4.78, 5) is 0. The highest BCUT2D eigenvalue weighted by Crippen LogP contribution is 2.28. The molecule has 1 radical (unpaired) electrons. The van der Waals surface area contributed by atoms with Gasteiger partial charge in [-0.2, -0.15) is 0 Å². The van der Waals surface area contributed by atoms with Crippen molar-refractivity contribution in [2.75, 3.05) is 5.33 Å². The fraction of sp³-hybridized carbons (Fsp3) is 0.750. The molecule has 0 heterocycles. The molecular formula is C4H6Br. The molecule has 1 aliphatic rings. The van der Waals surface area contributed by atoms with Gasteiger partial charge in [0.05, 0.1) is 0 Å². The molecule has 0 aromatic carbocycles. The topological polar surface area (TPSA) is 0 Å². The lowest BCUT2D eigenvalue weighted by molar-refractivity contribution is 1.05. The Morgan fingerprint density at radius 1 is 2.00 bits per heavy atom. The Hall–Kier alpha value is 0.480. The van der Waals surface area contributed by atoms with Crippen LogP contribution in [0.3, 0.4) is 0 Å². The average Bonchev–Trinajstić information content (AvgIpc) is 2.12. The molecule has 1 rings (SSSR count). The van der Waals surface area contributed by atoms with Gasteiger partial charge in [-0.1, -0.05) is 15.9 Å². The number of alkyl halides is 1. The molecule has 0 amide bonds. The first-order valence-corrected chi connectivity index (χ1v) is 2.95. The molecule has 1 heteroatoms. The van der Waals surface area contributed by atoms with Crippen LogP contribution >= 0.6 is 15.9 Å². The second-order valence-electron chi connectivity index (χ2n) is 1.39. The van der Waals surface area contributed by atoms with E-state index in [0.29, 0.717) is 0 Å². The predicted octanol–water partition coefficient (Wildman–Crippen LogP) is 1.61. The molecule has 1 unspecified atom stereocenters. The third-order valence-electron chi connectivity index (χ3n) is 0.767. The maximum atomic E-state index is 3.34. The molecule has 0 N–H and O–H groups in total. The maximum absolute atomic E-state index is 3.34. The Morgan fingerprint density at radius 3 is 2.60 bits per heavy atom. The fourth-order valence-corrected chi connectivity index (χ4v) is 0.751. The quantitative estimate of drug-likeness (QED) is 0.478. The van der Waals surface area contributed by atoms with Gasteiger partial charge in [0.1, 0.15) is 0 Å². The van der Waals surface area contributed by atoms with Crippen molar-refractivity contribution in [1.29, 1.82) is 0 Å². The van der Waals surface area contributed by atoms with Gasteiger partial charge >= 0.3 is 0 Å². The van der Waals surface area contributed by atoms with Gasteiger partial charge in [-0.05, 0) is 18.8 Å². The molecule has 1 saturated carbocycles. The van der Waals surface area contributed by atoms with Crippen molar-refractivity contribution >= 4 is 15.9 Å².